The number of cyclic esters (lactones) is 1. The summed E-state index contributed by atoms with van der Waals surface area (Å²) in [5, 5.41) is 6.37. The van der Waals surface area contributed by atoms with Gasteiger partial charge in [-0.15, -0.1) is 0 Å². The Hall–Kier alpha value is -2.83. The zero-order chi connectivity index (χ0) is 16.4. The Bertz CT molecular complexity index is 740. The number of ether oxygens (including phenoxy) is 2. The molecule has 2 aromatic rings. The Kier molecular flexibility index (Phi) is 4.01. The fourth-order valence-electron chi connectivity index (χ4n) is 2.61. The molecule has 1 aliphatic rings. The molecule has 1 saturated heterocycles. The number of benzene rings is 1. The predicted octanol–water partition coefficient (Wildman–Crippen LogP) is 2.23. The fraction of sp³-hybridized carbons (Fsp3) is 0.312. The van der Waals surface area contributed by atoms with Crippen molar-refractivity contribution in [2.45, 2.75) is 19.4 Å². The van der Waals surface area contributed by atoms with E-state index in [-0.39, 0.29) is 12.3 Å². The molecule has 0 saturated carbocycles. The lowest BCUT2D eigenvalue weighted by Crippen LogP contribution is -2.25. The predicted molar refractivity (Wildman–Crippen MR) is 79.8 cm³/mol. The molecule has 1 N–H and O–H groups in total. The van der Waals surface area contributed by atoms with E-state index in [1.165, 1.54) is 7.11 Å². The third-order valence-electron chi connectivity index (χ3n) is 3.67. The van der Waals surface area contributed by atoms with Gasteiger partial charge in [0.1, 0.15) is 17.6 Å². The minimum absolute atomic E-state index is 0.00534. The van der Waals surface area contributed by atoms with Crippen LogP contribution in [0.2, 0.25) is 0 Å². The quantitative estimate of drug-likeness (QED) is 0.870. The topological polar surface area (TPSA) is 90.7 Å². The Morgan fingerprint density at radius 3 is 2.87 bits per heavy atom. The number of carbonyl (C=O) groups excluding carboxylic acids is 2. The molecule has 1 aromatic heterocycles. The number of para-hydroxylation sites is 1. The average molecular weight is 316 g/mol. The second kappa shape index (κ2) is 6.12. The van der Waals surface area contributed by atoms with Crippen molar-refractivity contribution in [3.8, 4) is 5.75 Å². The molecule has 7 nitrogen and oxygen atoms in total. The van der Waals surface area contributed by atoms with Crippen molar-refractivity contribution in [3.05, 3.63) is 41.7 Å². The normalized spacial score (nSPS) is 20.2. The number of rotatable bonds is 4. The summed E-state index contributed by atoms with van der Waals surface area (Å²) in [5.41, 5.74) is 0.664. The molecule has 120 valence electrons. The third-order valence-corrected chi connectivity index (χ3v) is 3.67. The van der Waals surface area contributed by atoms with Gasteiger partial charge in [-0.05, 0) is 13.0 Å². The van der Waals surface area contributed by atoms with Gasteiger partial charge in [0, 0.05) is 11.6 Å². The summed E-state index contributed by atoms with van der Waals surface area (Å²) < 4.78 is 15.5. The van der Waals surface area contributed by atoms with Crippen molar-refractivity contribution in [2.75, 3.05) is 12.4 Å². The summed E-state index contributed by atoms with van der Waals surface area (Å²) in [4.78, 5) is 24.2. The van der Waals surface area contributed by atoms with Gasteiger partial charge in [-0.25, -0.2) is 0 Å². The van der Waals surface area contributed by atoms with Gasteiger partial charge in [0.15, 0.2) is 5.82 Å². The van der Waals surface area contributed by atoms with Gasteiger partial charge < -0.3 is 19.3 Å². The number of hydrogen-bond donors (Lipinski definition) is 1. The van der Waals surface area contributed by atoms with E-state index in [2.05, 4.69) is 10.5 Å². The minimum atomic E-state index is -0.688. The molecule has 7 heteroatoms. The number of aromatic nitrogens is 1. The third kappa shape index (κ3) is 3.03. The number of methoxy groups -OCH3 is 1. The van der Waals surface area contributed by atoms with Gasteiger partial charge in [-0.1, -0.05) is 23.4 Å². The molecule has 0 aliphatic carbocycles. The summed E-state index contributed by atoms with van der Waals surface area (Å²) in [7, 11) is 1.53. The van der Waals surface area contributed by atoms with E-state index in [0.717, 1.165) is 0 Å². The second-order valence-corrected chi connectivity index (χ2v) is 5.28. The molecular weight excluding hydrogens is 300 g/mol. The van der Waals surface area contributed by atoms with Gasteiger partial charge in [0.2, 0.25) is 5.91 Å². The van der Waals surface area contributed by atoms with Crippen LogP contribution in [0.1, 0.15) is 23.8 Å². The maximum atomic E-state index is 12.5. The van der Waals surface area contributed by atoms with E-state index < -0.39 is 18.0 Å². The molecule has 0 unspecified atom stereocenters. The van der Waals surface area contributed by atoms with Crippen LogP contribution in [0.25, 0.3) is 0 Å². The fourth-order valence-corrected chi connectivity index (χ4v) is 2.61. The van der Waals surface area contributed by atoms with Gasteiger partial charge >= 0.3 is 5.97 Å². The van der Waals surface area contributed by atoms with Crippen LogP contribution in [0.4, 0.5) is 5.82 Å². The van der Waals surface area contributed by atoms with Crippen LogP contribution >= 0.6 is 0 Å². The molecule has 23 heavy (non-hydrogen) atoms. The van der Waals surface area contributed by atoms with Crippen molar-refractivity contribution in [3.63, 3.8) is 0 Å². The van der Waals surface area contributed by atoms with Crippen LogP contribution in [0.15, 0.2) is 34.9 Å². The molecule has 1 amide bonds. The molecular formula is C16H16N2O5. The van der Waals surface area contributed by atoms with Crippen molar-refractivity contribution in [1.29, 1.82) is 0 Å². The molecule has 0 radical (unpaired) electrons. The number of carbonyl (C=O) groups is 2. The Labute approximate surface area is 132 Å². The molecule has 1 fully saturated rings. The molecule has 2 atom stereocenters. The number of anilines is 1. The summed E-state index contributed by atoms with van der Waals surface area (Å²) in [5.74, 6) is 0.0430. The molecule has 0 spiro atoms. The first-order valence-electron chi connectivity index (χ1n) is 7.15. The smallest absolute Gasteiger partial charge is 0.307 e. The van der Waals surface area contributed by atoms with Crippen molar-refractivity contribution in [2.24, 2.45) is 5.92 Å². The van der Waals surface area contributed by atoms with Crippen LogP contribution < -0.4 is 10.1 Å². The largest absolute Gasteiger partial charge is 0.496 e. The number of nitrogens with zero attached hydrogens (tertiary/aromatic N) is 1. The van der Waals surface area contributed by atoms with Crippen LogP contribution in [0.5, 0.6) is 5.75 Å². The highest BCUT2D eigenvalue weighted by Gasteiger charge is 2.42. The number of hydrogen-bond acceptors (Lipinski definition) is 6. The number of esters is 1. The van der Waals surface area contributed by atoms with Crippen LogP contribution in [-0.2, 0) is 14.3 Å². The van der Waals surface area contributed by atoms with Crippen molar-refractivity contribution >= 4 is 17.7 Å². The highest BCUT2D eigenvalue weighted by Crippen LogP contribution is 2.40. The Balaban J connectivity index is 1.84. The highest BCUT2D eigenvalue weighted by atomic mass is 16.6. The van der Waals surface area contributed by atoms with Gasteiger partial charge in [-0.3, -0.25) is 9.59 Å². The first-order chi connectivity index (χ1) is 11.1. The van der Waals surface area contributed by atoms with Gasteiger partial charge in [0.05, 0.1) is 19.4 Å². The summed E-state index contributed by atoms with van der Waals surface area (Å²) in [6.45, 7) is 1.72. The molecule has 0 bridgehead atoms. The highest BCUT2D eigenvalue weighted by molar-refractivity contribution is 5.95. The minimum Gasteiger partial charge on any atom is -0.496 e. The van der Waals surface area contributed by atoms with E-state index in [9.17, 15) is 9.59 Å². The van der Waals surface area contributed by atoms with Crippen LogP contribution in [0.3, 0.4) is 0 Å². The zero-order valence-corrected chi connectivity index (χ0v) is 12.7. The average Bonchev–Trinajstić information content (AvgIpc) is 3.13. The van der Waals surface area contributed by atoms with E-state index in [4.69, 9.17) is 14.0 Å². The standard InChI is InChI=1S/C16H16N2O5/c1-9-7-13(18-23-9)17-16(20)11-8-14(19)22-15(11)10-5-3-4-6-12(10)21-2/h3-7,11,15H,8H2,1-2H3,(H,17,18,20)/t11-,15-/m0/s1. The Morgan fingerprint density at radius 1 is 1.39 bits per heavy atom. The van der Waals surface area contributed by atoms with Crippen molar-refractivity contribution < 1.29 is 23.6 Å². The van der Waals surface area contributed by atoms with Crippen LogP contribution in [0, 0.1) is 12.8 Å². The monoisotopic (exact) mass is 316 g/mol. The van der Waals surface area contributed by atoms with Crippen LogP contribution in [-0.4, -0.2) is 24.1 Å². The molecule has 1 aromatic carbocycles. The van der Waals surface area contributed by atoms with E-state index in [0.29, 0.717) is 22.9 Å². The first kappa shape index (κ1) is 15.1. The second-order valence-electron chi connectivity index (χ2n) is 5.28. The summed E-state index contributed by atoms with van der Waals surface area (Å²) in [6, 6.07) is 8.76. The summed E-state index contributed by atoms with van der Waals surface area (Å²) >= 11 is 0. The lowest BCUT2D eigenvalue weighted by Gasteiger charge is -2.19. The number of nitrogens with one attached hydrogen (secondary N) is 1. The lowest BCUT2D eigenvalue weighted by molar-refractivity contribution is -0.141. The lowest BCUT2D eigenvalue weighted by atomic mass is 9.93. The maximum absolute atomic E-state index is 12.5. The van der Waals surface area contributed by atoms with E-state index in [1.807, 2.05) is 6.07 Å². The zero-order valence-electron chi connectivity index (χ0n) is 12.7. The number of aryl methyl sites for hydroxylation is 1. The maximum Gasteiger partial charge on any atom is 0.307 e. The van der Waals surface area contributed by atoms with Crippen molar-refractivity contribution in [1.82, 2.24) is 5.16 Å². The Morgan fingerprint density at radius 2 is 2.17 bits per heavy atom. The first-order valence-corrected chi connectivity index (χ1v) is 7.15. The number of amides is 1. The SMILES string of the molecule is COc1ccccc1[C@@H]1OC(=O)C[C@@H]1C(=O)Nc1cc(C)on1. The van der Waals surface area contributed by atoms with E-state index in [1.54, 1.807) is 31.2 Å². The summed E-state index contributed by atoms with van der Waals surface area (Å²) in [6.07, 6.45) is -0.683. The molecule has 2 heterocycles. The molecule has 1 aliphatic heterocycles. The van der Waals surface area contributed by atoms with E-state index >= 15 is 0 Å². The van der Waals surface area contributed by atoms with Gasteiger partial charge in [0.25, 0.3) is 0 Å². The van der Waals surface area contributed by atoms with Gasteiger partial charge in [-0.2, -0.15) is 0 Å². The molecule has 3 rings (SSSR count).